The smallest absolute Gasteiger partial charge is 0.233 e. The van der Waals surface area contributed by atoms with Gasteiger partial charge in [0, 0.05) is 13.2 Å². The minimum atomic E-state index is -0.0765. The van der Waals surface area contributed by atoms with E-state index in [2.05, 4.69) is 21.2 Å². The van der Waals surface area contributed by atoms with Gasteiger partial charge in [-0.15, -0.1) is 0 Å². The van der Waals surface area contributed by atoms with Crippen LogP contribution in [0.3, 0.4) is 0 Å². The molecule has 3 nitrogen and oxygen atoms in total. The maximum atomic E-state index is 11.4. The van der Waals surface area contributed by atoms with Crippen molar-refractivity contribution in [3.8, 4) is 0 Å². The minimum Gasteiger partial charge on any atom is -0.396 e. The quantitative estimate of drug-likeness (QED) is 0.713. The van der Waals surface area contributed by atoms with Crippen molar-refractivity contribution in [1.82, 2.24) is 5.32 Å². The first-order chi connectivity index (χ1) is 6.63. The monoisotopic (exact) mass is 263 g/mol. The van der Waals surface area contributed by atoms with Crippen LogP contribution in [-0.4, -0.2) is 29.0 Å². The summed E-state index contributed by atoms with van der Waals surface area (Å²) in [5.74, 6) is 0.0664. The van der Waals surface area contributed by atoms with E-state index in [4.69, 9.17) is 5.11 Å². The van der Waals surface area contributed by atoms with Gasteiger partial charge in [0.1, 0.15) is 0 Å². The molecule has 1 unspecified atom stereocenters. The van der Waals surface area contributed by atoms with Gasteiger partial charge in [-0.25, -0.2) is 0 Å². The van der Waals surface area contributed by atoms with Gasteiger partial charge in [-0.3, -0.25) is 4.79 Å². The minimum absolute atomic E-state index is 0.0664. The number of amides is 1. The van der Waals surface area contributed by atoms with Gasteiger partial charge in [0.25, 0.3) is 0 Å². The van der Waals surface area contributed by atoms with E-state index in [9.17, 15) is 4.79 Å². The third kappa shape index (κ3) is 3.24. The van der Waals surface area contributed by atoms with E-state index < -0.39 is 0 Å². The van der Waals surface area contributed by atoms with E-state index >= 15 is 0 Å². The molecule has 0 aliphatic heterocycles. The Kier molecular flexibility index (Phi) is 4.38. The molecule has 1 rings (SSSR count). The van der Waals surface area contributed by atoms with Crippen LogP contribution in [0.2, 0.25) is 0 Å². The molecule has 0 heterocycles. The zero-order valence-corrected chi connectivity index (χ0v) is 10.1. The summed E-state index contributed by atoms with van der Waals surface area (Å²) in [6, 6.07) is 0. The molecule has 0 saturated heterocycles. The van der Waals surface area contributed by atoms with Crippen molar-refractivity contribution in [2.75, 3.05) is 13.2 Å². The number of carbonyl (C=O) groups excluding carboxylic acids is 1. The van der Waals surface area contributed by atoms with E-state index in [0.29, 0.717) is 6.54 Å². The van der Waals surface area contributed by atoms with Crippen LogP contribution in [0.15, 0.2) is 0 Å². The Balaban J connectivity index is 2.23. The van der Waals surface area contributed by atoms with E-state index in [-0.39, 0.29) is 22.8 Å². The number of aliphatic hydroxyl groups is 1. The first kappa shape index (κ1) is 12.0. The Morgan fingerprint density at radius 3 is 2.71 bits per heavy atom. The second-order valence-corrected chi connectivity index (χ2v) is 5.17. The summed E-state index contributed by atoms with van der Waals surface area (Å²) in [5.41, 5.74) is 0.213. The Bertz CT molecular complexity index is 204. The molecular formula is C10H18BrNO2. The first-order valence-corrected chi connectivity index (χ1v) is 6.08. The predicted octanol–water partition coefficient (Wildman–Crippen LogP) is 1.44. The van der Waals surface area contributed by atoms with Gasteiger partial charge in [-0.2, -0.15) is 0 Å². The van der Waals surface area contributed by atoms with Crippen LogP contribution in [0.5, 0.6) is 0 Å². The van der Waals surface area contributed by atoms with E-state index in [1.165, 1.54) is 0 Å². The van der Waals surface area contributed by atoms with Gasteiger partial charge < -0.3 is 10.4 Å². The second kappa shape index (κ2) is 5.12. The van der Waals surface area contributed by atoms with Crippen LogP contribution in [0, 0.1) is 5.41 Å². The molecular weight excluding hydrogens is 246 g/mol. The fourth-order valence-electron chi connectivity index (χ4n) is 1.50. The number of nitrogens with one attached hydrogen (secondary N) is 1. The lowest BCUT2D eigenvalue weighted by molar-refractivity contribution is -0.120. The highest BCUT2D eigenvalue weighted by atomic mass is 79.9. The van der Waals surface area contributed by atoms with Crippen LogP contribution in [0.1, 0.15) is 32.6 Å². The molecule has 1 aliphatic carbocycles. The maximum Gasteiger partial charge on any atom is 0.233 e. The highest BCUT2D eigenvalue weighted by Crippen LogP contribution is 2.47. The Morgan fingerprint density at radius 2 is 2.29 bits per heavy atom. The van der Waals surface area contributed by atoms with Gasteiger partial charge in [0.05, 0.1) is 4.83 Å². The van der Waals surface area contributed by atoms with Crippen molar-refractivity contribution in [3.63, 3.8) is 0 Å². The molecule has 2 N–H and O–H groups in total. The largest absolute Gasteiger partial charge is 0.396 e. The molecule has 0 bridgehead atoms. The fourth-order valence-corrected chi connectivity index (χ4v) is 1.66. The van der Waals surface area contributed by atoms with Gasteiger partial charge in [-0.1, -0.05) is 22.9 Å². The maximum absolute atomic E-state index is 11.4. The predicted molar refractivity (Wildman–Crippen MR) is 59.4 cm³/mol. The Labute approximate surface area is 93.4 Å². The SMILES string of the molecule is CCC(Br)C(=O)NCC1(CCO)CC1. The van der Waals surface area contributed by atoms with Crippen LogP contribution >= 0.6 is 15.9 Å². The molecule has 0 aromatic carbocycles. The van der Waals surface area contributed by atoms with Gasteiger partial charge in [0.15, 0.2) is 0 Å². The fraction of sp³-hybridized carbons (Fsp3) is 0.900. The summed E-state index contributed by atoms with van der Waals surface area (Å²) in [6.45, 7) is 2.91. The molecule has 1 saturated carbocycles. The van der Waals surface area contributed by atoms with E-state index in [0.717, 1.165) is 25.7 Å². The van der Waals surface area contributed by atoms with Crippen LogP contribution in [0.4, 0.5) is 0 Å². The van der Waals surface area contributed by atoms with Gasteiger partial charge in [-0.05, 0) is 31.1 Å². The molecule has 0 radical (unpaired) electrons. The molecule has 1 fully saturated rings. The first-order valence-electron chi connectivity index (χ1n) is 5.16. The van der Waals surface area contributed by atoms with Crippen molar-refractivity contribution in [2.24, 2.45) is 5.41 Å². The molecule has 4 heteroatoms. The van der Waals surface area contributed by atoms with Crippen LogP contribution in [-0.2, 0) is 4.79 Å². The summed E-state index contributed by atoms with van der Waals surface area (Å²) in [6.07, 6.45) is 3.88. The number of carbonyl (C=O) groups is 1. The molecule has 14 heavy (non-hydrogen) atoms. The molecule has 82 valence electrons. The van der Waals surface area contributed by atoms with Crippen molar-refractivity contribution in [3.05, 3.63) is 0 Å². The molecule has 0 spiro atoms. The number of hydrogen-bond acceptors (Lipinski definition) is 2. The highest BCUT2D eigenvalue weighted by Gasteiger charge is 2.42. The normalized spacial score (nSPS) is 20.2. The lowest BCUT2D eigenvalue weighted by Gasteiger charge is -2.15. The zero-order chi connectivity index (χ0) is 10.6. The highest BCUT2D eigenvalue weighted by molar-refractivity contribution is 9.10. The van der Waals surface area contributed by atoms with Crippen LogP contribution in [0.25, 0.3) is 0 Å². The lowest BCUT2D eigenvalue weighted by atomic mass is 10.0. The number of aliphatic hydroxyl groups excluding tert-OH is 1. The number of alkyl halides is 1. The van der Waals surface area contributed by atoms with Crippen molar-refractivity contribution >= 4 is 21.8 Å². The molecule has 1 atom stereocenters. The summed E-state index contributed by atoms with van der Waals surface area (Å²) < 4.78 is 0. The topological polar surface area (TPSA) is 49.3 Å². The standard InChI is InChI=1S/C10H18BrNO2/c1-2-8(11)9(14)12-7-10(3-4-10)5-6-13/h8,13H,2-7H2,1H3,(H,12,14). The summed E-state index contributed by atoms with van der Waals surface area (Å²) >= 11 is 3.31. The molecule has 1 amide bonds. The molecule has 1 aliphatic rings. The Hall–Kier alpha value is -0.0900. The van der Waals surface area contributed by atoms with E-state index in [1.54, 1.807) is 0 Å². The third-order valence-corrected chi connectivity index (χ3v) is 3.94. The number of rotatable bonds is 6. The average Bonchev–Trinajstić information content (AvgIpc) is 2.94. The summed E-state index contributed by atoms with van der Waals surface area (Å²) in [4.78, 5) is 11.4. The number of halogens is 1. The van der Waals surface area contributed by atoms with Crippen molar-refractivity contribution in [1.29, 1.82) is 0 Å². The lowest BCUT2D eigenvalue weighted by Crippen LogP contribution is -2.35. The van der Waals surface area contributed by atoms with Crippen LogP contribution < -0.4 is 5.32 Å². The summed E-state index contributed by atoms with van der Waals surface area (Å²) in [5, 5.41) is 11.8. The average molecular weight is 264 g/mol. The third-order valence-electron chi connectivity index (χ3n) is 2.88. The molecule has 0 aromatic rings. The zero-order valence-electron chi connectivity index (χ0n) is 8.55. The van der Waals surface area contributed by atoms with Gasteiger partial charge in [0.2, 0.25) is 5.91 Å². The van der Waals surface area contributed by atoms with Crippen molar-refractivity contribution < 1.29 is 9.90 Å². The van der Waals surface area contributed by atoms with Crippen molar-refractivity contribution in [2.45, 2.75) is 37.4 Å². The second-order valence-electron chi connectivity index (χ2n) is 4.07. The van der Waals surface area contributed by atoms with E-state index in [1.807, 2.05) is 6.92 Å². The number of hydrogen-bond donors (Lipinski definition) is 2. The van der Waals surface area contributed by atoms with Gasteiger partial charge >= 0.3 is 0 Å². The Morgan fingerprint density at radius 1 is 1.64 bits per heavy atom. The molecule has 0 aromatic heterocycles. The summed E-state index contributed by atoms with van der Waals surface area (Å²) in [7, 11) is 0.